The van der Waals surface area contributed by atoms with Crippen molar-refractivity contribution in [1.29, 1.82) is 0 Å². The third kappa shape index (κ3) is 4.49. The van der Waals surface area contributed by atoms with E-state index in [4.69, 9.17) is 4.84 Å². The maximum Gasteiger partial charge on any atom is 0.238 e. The number of nitrogens with zero attached hydrogens (tertiary/aromatic N) is 1. The number of hydroxylamine groups is 1. The minimum Gasteiger partial charge on any atom is -0.390 e. The normalized spacial score (nSPS) is 20.8. The van der Waals surface area contributed by atoms with Crippen molar-refractivity contribution < 1.29 is 18.4 Å². The van der Waals surface area contributed by atoms with Crippen LogP contribution < -0.4 is 5.32 Å². The van der Waals surface area contributed by atoms with Gasteiger partial charge in [0.15, 0.2) is 0 Å². The number of aliphatic hydroxyl groups excluding tert-OH is 1. The highest BCUT2D eigenvalue weighted by molar-refractivity contribution is 7.88. The Balaban J connectivity index is 2.01. The van der Waals surface area contributed by atoms with Gasteiger partial charge in [0, 0.05) is 6.04 Å². The molecule has 1 aliphatic heterocycles. The first-order valence-corrected chi connectivity index (χ1v) is 8.64. The molecule has 1 fully saturated rings. The number of rotatable bonds is 7. The Bertz CT molecular complexity index is 529. The van der Waals surface area contributed by atoms with Crippen LogP contribution in [-0.4, -0.2) is 49.5 Å². The molecule has 0 aliphatic carbocycles. The molecule has 6 nitrogen and oxygen atoms in total. The van der Waals surface area contributed by atoms with Gasteiger partial charge >= 0.3 is 0 Å². The molecule has 1 unspecified atom stereocenters. The lowest BCUT2D eigenvalue weighted by atomic mass is 10.1. The maximum atomic E-state index is 12.3. The number of nitrogens with one attached hydrogen (secondary N) is 1. The molecule has 7 heteroatoms. The predicted octanol–water partition coefficient (Wildman–Crippen LogP) is 0.493. The molecule has 0 spiro atoms. The summed E-state index contributed by atoms with van der Waals surface area (Å²) in [6.07, 6.45) is 0.827. The molecule has 1 aromatic carbocycles. The summed E-state index contributed by atoms with van der Waals surface area (Å²) < 4.78 is 25.6. The molecule has 1 aliphatic rings. The van der Waals surface area contributed by atoms with E-state index >= 15 is 0 Å². The Kier molecular flexibility index (Phi) is 5.72. The van der Waals surface area contributed by atoms with Crippen LogP contribution in [0.2, 0.25) is 0 Å². The van der Waals surface area contributed by atoms with Crippen molar-refractivity contribution in [2.45, 2.75) is 31.5 Å². The lowest BCUT2D eigenvalue weighted by Gasteiger charge is -2.23. The molecular weight excluding hydrogens is 292 g/mol. The average molecular weight is 314 g/mol. The molecule has 1 saturated heterocycles. The summed E-state index contributed by atoms with van der Waals surface area (Å²) in [4.78, 5) is 5.00. The SMILES string of the molecule is CON(Cc1ccccc1)S(=O)(=O)CC(O)[C@@H]1CCCN1. The van der Waals surface area contributed by atoms with Gasteiger partial charge in [-0.05, 0) is 24.9 Å². The summed E-state index contributed by atoms with van der Waals surface area (Å²) in [5, 5.41) is 13.2. The standard InChI is InChI=1S/C14H22N2O4S/c1-20-16(10-12-6-3-2-4-7-12)21(18,19)11-14(17)13-8-5-9-15-13/h2-4,6-7,13-15,17H,5,8-11H2,1H3/t13-,14?/m0/s1. The Morgan fingerprint density at radius 2 is 2.14 bits per heavy atom. The van der Waals surface area contributed by atoms with Gasteiger partial charge in [-0.2, -0.15) is 0 Å². The summed E-state index contributed by atoms with van der Waals surface area (Å²) in [5.41, 5.74) is 0.830. The van der Waals surface area contributed by atoms with Gasteiger partial charge in [-0.15, -0.1) is 0 Å². The van der Waals surface area contributed by atoms with Crippen molar-refractivity contribution in [2.24, 2.45) is 0 Å². The Hall–Kier alpha value is -0.990. The quantitative estimate of drug-likeness (QED) is 0.716. The van der Waals surface area contributed by atoms with Gasteiger partial charge in [0.05, 0.1) is 25.5 Å². The van der Waals surface area contributed by atoms with Crippen molar-refractivity contribution in [2.75, 3.05) is 19.4 Å². The predicted molar refractivity (Wildman–Crippen MR) is 79.8 cm³/mol. The van der Waals surface area contributed by atoms with Crippen LogP contribution in [0.3, 0.4) is 0 Å². The van der Waals surface area contributed by atoms with Gasteiger partial charge in [-0.3, -0.25) is 4.84 Å². The topological polar surface area (TPSA) is 78.9 Å². The number of sulfonamides is 1. The fraction of sp³-hybridized carbons (Fsp3) is 0.571. The molecule has 2 atom stereocenters. The average Bonchev–Trinajstić information content (AvgIpc) is 2.99. The lowest BCUT2D eigenvalue weighted by molar-refractivity contribution is -0.0565. The molecule has 0 bridgehead atoms. The zero-order valence-corrected chi connectivity index (χ0v) is 12.9. The molecule has 0 radical (unpaired) electrons. The minimum absolute atomic E-state index is 0.129. The summed E-state index contributed by atoms with van der Waals surface area (Å²) in [7, 11) is -2.37. The molecule has 2 N–H and O–H groups in total. The van der Waals surface area contributed by atoms with E-state index in [0.717, 1.165) is 29.4 Å². The van der Waals surface area contributed by atoms with Crippen LogP contribution in [0.1, 0.15) is 18.4 Å². The molecular formula is C14H22N2O4S. The second-order valence-corrected chi connectivity index (χ2v) is 7.08. The third-order valence-corrected chi connectivity index (χ3v) is 5.27. The van der Waals surface area contributed by atoms with E-state index in [0.29, 0.717) is 0 Å². The molecule has 0 aromatic heterocycles. The van der Waals surface area contributed by atoms with Crippen LogP contribution >= 0.6 is 0 Å². The second kappa shape index (κ2) is 7.33. The minimum atomic E-state index is -3.69. The van der Waals surface area contributed by atoms with E-state index in [2.05, 4.69) is 5.32 Å². The van der Waals surface area contributed by atoms with Gasteiger partial charge in [0.25, 0.3) is 0 Å². The van der Waals surface area contributed by atoms with Crippen LogP contribution in [0, 0.1) is 0 Å². The van der Waals surface area contributed by atoms with Crippen LogP contribution in [0.4, 0.5) is 0 Å². The van der Waals surface area contributed by atoms with Crippen molar-refractivity contribution >= 4 is 10.0 Å². The van der Waals surface area contributed by atoms with Crippen molar-refractivity contribution in [3.63, 3.8) is 0 Å². The van der Waals surface area contributed by atoms with Gasteiger partial charge in [0.2, 0.25) is 10.0 Å². The van der Waals surface area contributed by atoms with Gasteiger partial charge in [-0.25, -0.2) is 8.42 Å². The zero-order chi connectivity index (χ0) is 15.3. The highest BCUT2D eigenvalue weighted by Gasteiger charge is 2.31. The fourth-order valence-corrected chi connectivity index (χ4v) is 3.87. The number of aliphatic hydroxyl groups is 1. The summed E-state index contributed by atoms with van der Waals surface area (Å²) in [6, 6.07) is 9.05. The zero-order valence-electron chi connectivity index (χ0n) is 12.1. The Labute approximate surface area is 125 Å². The first-order chi connectivity index (χ1) is 10.0. The van der Waals surface area contributed by atoms with E-state index in [1.807, 2.05) is 30.3 Å². The van der Waals surface area contributed by atoms with Crippen LogP contribution in [0.25, 0.3) is 0 Å². The number of benzene rings is 1. The van der Waals surface area contributed by atoms with Crippen molar-refractivity contribution in [3.8, 4) is 0 Å². The maximum absolute atomic E-state index is 12.3. The van der Waals surface area contributed by atoms with Gasteiger partial charge in [-0.1, -0.05) is 34.8 Å². The van der Waals surface area contributed by atoms with E-state index in [-0.39, 0.29) is 18.3 Å². The molecule has 2 rings (SSSR count). The molecule has 118 valence electrons. The summed E-state index contributed by atoms with van der Waals surface area (Å²) in [6.45, 7) is 0.949. The first-order valence-electron chi connectivity index (χ1n) is 7.03. The molecule has 0 saturated carbocycles. The highest BCUT2D eigenvalue weighted by atomic mass is 32.2. The second-order valence-electron chi connectivity index (χ2n) is 5.18. The van der Waals surface area contributed by atoms with E-state index in [1.165, 1.54) is 7.11 Å². The van der Waals surface area contributed by atoms with Crippen molar-refractivity contribution in [3.05, 3.63) is 35.9 Å². The number of hydrogen-bond acceptors (Lipinski definition) is 5. The third-order valence-electron chi connectivity index (χ3n) is 3.61. The molecule has 0 amide bonds. The smallest absolute Gasteiger partial charge is 0.238 e. The Morgan fingerprint density at radius 3 is 2.71 bits per heavy atom. The lowest BCUT2D eigenvalue weighted by Crippen LogP contribution is -2.43. The van der Waals surface area contributed by atoms with Crippen LogP contribution in [-0.2, 0) is 21.4 Å². The van der Waals surface area contributed by atoms with Gasteiger partial charge in [0.1, 0.15) is 0 Å². The first kappa shape index (κ1) is 16.4. The summed E-state index contributed by atoms with van der Waals surface area (Å²) in [5.74, 6) is -0.342. The van der Waals surface area contributed by atoms with Crippen LogP contribution in [0.15, 0.2) is 30.3 Å². The van der Waals surface area contributed by atoms with Crippen molar-refractivity contribution in [1.82, 2.24) is 9.79 Å². The molecule has 1 aromatic rings. The fourth-order valence-electron chi connectivity index (χ4n) is 2.46. The van der Waals surface area contributed by atoms with Crippen LogP contribution in [0.5, 0.6) is 0 Å². The largest absolute Gasteiger partial charge is 0.390 e. The molecule has 21 heavy (non-hydrogen) atoms. The summed E-state index contributed by atoms with van der Waals surface area (Å²) >= 11 is 0. The van der Waals surface area contributed by atoms with E-state index < -0.39 is 16.1 Å². The highest BCUT2D eigenvalue weighted by Crippen LogP contribution is 2.15. The monoisotopic (exact) mass is 314 g/mol. The molecule has 1 heterocycles. The van der Waals surface area contributed by atoms with E-state index in [1.54, 1.807) is 0 Å². The van der Waals surface area contributed by atoms with E-state index in [9.17, 15) is 13.5 Å². The Morgan fingerprint density at radius 1 is 1.43 bits per heavy atom. The number of hydrogen-bond donors (Lipinski definition) is 2. The van der Waals surface area contributed by atoms with Gasteiger partial charge < -0.3 is 10.4 Å².